The van der Waals surface area contributed by atoms with Crippen LogP contribution in [0.25, 0.3) is 10.6 Å². The molecule has 1 saturated heterocycles. The Morgan fingerprint density at radius 2 is 2.30 bits per heavy atom. The number of anilines is 1. The molecule has 1 fully saturated rings. The van der Waals surface area contributed by atoms with Gasteiger partial charge in [-0.25, -0.2) is 9.18 Å². The van der Waals surface area contributed by atoms with Gasteiger partial charge in [0.15, 0.2) is 5.01 Å². The van der Waals surface area contributed by atoms with Gasteiger partial charge >= 0.3 is 6.09 Å². The maximum Gasteiger partial charge on any atom is 0.414 e. The van der Waals surface area contributed by atoms with Crippen molar-refractivity contribution in [1.29, 1.82) is 0 Å². The lowest BCUT2D eigenvalue weighted by atomic mass is 10.2. The van der Waals surface area contributed by atoms with Crippen LogP contribution < -0.4 is 10.2 Å². The van der Waals surface area contributed by atoms with Gasteiger partial charge in [-0.2, -0.15) is 0 Å². The number of rotatable bonds is 7. The first-order valence-electron chi connectivity index (χ1n) is 8.43. The summed E-state index contributed by atoms with van der Waals surface area (Å²) in [5.74, 6) is -0.731. The van der Waals surface area contributed by atoms with Crippen molar-refractivity contribution in [3.63, 3.8) is 0 Å². The molecule has 27 heavy (non-hydrogen) atoms. The number of carbonyl (C=O) groups excluding carboxylic acids is 2. The molecule has 0 saturated carbocycles. The van der Waals surface area contributed by atoms with E-state index in [4.69, 9.17) is 9.84 Å². The molecular formula is C17H19FN4O4S. The number of nitrogens with zero attached hydrogens (tertiary/aromatic N) is 3. The third-order valence-corrected chi connectivity index (χ3v) is 4.98. The summed E-state index contributed by atoms with van der Waals surface area (Å²) in [5.41, 5.74) is 0.672. The van der Waals surface area contributed by atoms with Crippen molar-refractivity contribution in [2.75, 3.05) is 24.6 Å². The molecule has 3 rings (SSSR count). The zero-order chi connectivity index (χ0) is 19.4. The molecule has 0 bridgehead atoms. The van der Waals surface area contributed by atoms with E-state index in [9.17, 15) is 14.0 Å². The Morgan fingerprint density at radius 1 is 1.48 bits per heavy atom. The highest BCUT2D eigenvalue weighted by molar-refractivity contribution is 7.14. The zero-order valence-electron chi connectivity index (χ0n) is 14.6. The van der Waals surface area contributed by atoms with Crippen molar-refractivity contribution in [3.8, 4) is 10.6 Å². The van der Waals surface area contributed by atoms with Crippen molar-refractivity contribution in [2.24, 2.45) is 0 Å². The van der Waals surface area contributed by atoms with Crippen LogP contribution in [0.3, 0.4) is 0 Å². The third kappa shape index (κ3) is 4.58. The highest BCUT2D eigenvalue weighted by Gasteiger charge is 2.32. The normalized spacial score (nSPS) is 16.5. The molecule has 2 aromatic rings. The van der Waals surface area contributed by atoms with Gasteiger partial charge in [-0.05, 0) is 24.6 Å². The number of aliphatic hydroxyl groups excluding tert-OH is 1. The summed E-state index contributed by atoms with van der Waals surface area (Å²) >= 11 is 1.27. The Morgan fingerprint density at radius 3 is 3.00 bits per heavy atom. The fourth-order valence-corrected chi connectivity index (χ4v) is 3.54. The second-order valence-corrected chi connectivity index (χ2v) is 7.11. The first kappa shape index (κ1) is 19.2. The van der Waals surface area contributed by atoms with E-state index >= 15 is 0 Å². The minimum atomic E-state index is -0.584. The number of nitrogens with one attached hydrogen (secondary N) is 1. The van der Waals surface area contributed by atoms with Crippen LogP contribution in [0.15, 0.2) is 18.2 Å². The van der Waals surface area contributed by atoms with Crippen LogP contribution in [-0.4, -0.2) is 53.1 Å². The smallest absolute Gasteiger partial charge is 0.414 e. The predicted octanol–water partition coefficient (Wildman–Crippen LogP) is 1.73. The van der Waals surface area contributed by atoms with Gasteiger partial charge in [-0.1, -0.05) is 11.3 Å². The minimum absolute atomic E-state index is 0.0623. The summed E-state index contributed by atoms with van der Waals surface area (Å²) < 4.78 is 19.8. The van der Waals surface area contributed by atoms with Crippen LogP contribution in [0.4, 0.5) is 14.9 Å². The molecule has 1 aromatic heterocycles. The second-order valence-electron chi connectivity index (χ2n) is 6.05. The van der Waals surface area contributed by atoms with Crippen molar-refractivity contribution >= 4 is 29.0 Å². The first-order valence-corrected chi connectivity index (χ1v) is 9.25. The predicted molar refractivity (Wildman–Crippen MR) is 97.0 cm³/mol. The third-order valence-electron chi connectivity index (χ3n) is 3.96. The van der Waals surface area contributed by atoms with Crippen molar-refractivity contribution < 1.29 is 23.8 Å². The van der Waals surface area contributed by atoms with Crippen LogP contribution in [0.2, 0.25) is 0 Å². The lowest BCUT2D eigenvalue weighted by Gasteiger charge is -2.14. The molecule has 1 atom stereocenters. The van der Waals surface area contributed by atoms with Crippen molar-refractivity contribution in [1.82, 2.24) is 15.5 Å². The molecule has 144 valence electrons. The number of cyclic esters (lactones) is 1. The summed E-state index contributed by atoms with van der Waals surface area (Å²) in [4.78, 5) is 24.3. The SMILES string of the molecule is CC(=O)NC[C@H]1CN(c2ccc(-c3nnc(CCCO)s3)c(F)c2)C(=O)O1. The number of amides is 2. The van der Waals surface area contributed by atoms with Crippen molar-refractivity contribution in [2.45, 2.75) is 25.9 Å². The van der Waals surface area contributed by atoms with Gasteiger partial charge in [0.05, 0.1) is 18.8 Å². The Hall–Kier alpha value is -2.59. The van der Waals surface area contributed by atoms with Crippen LogP contribution in [0, 0.1) is 5.82 Å². The van der Waals surface area contributed by atoms with Crippen LogP contribution in [-0.2, 0) is 16.0 Å². The molecule has 0 unspecified atom stereocenters. The number of aliphatic hydroxyl groups is 1. The van der Waals surface area contributed by atoms with Gasteiger partial charge in [0.25, 0.3) is 0 Å². The molecule has 10 heteroatoms. The lowest BCUT2D eigenvalue weighted by Crippen LogP contribution is -2.33. The average Bonchev–Trinajstić information content (AvgIpc) is 3.24. The van der Waals surface area contributed by atoms with Crippen LogP contribution >= 0.6 is 11.3 Å². The maximum atomic E-state index is 14.6. The van der Waals surface area contributed by atoms with Gasteiger partial charge in [0, 0.05) is 25.5 Å². The molecule has 2 N–H and O–H groups in total. The van der Waals surface area contributed by atoms with E-state index in [-0.39, 0.29) is 25.6 Å². The monoisotopic (exact) mass is 394 g/mol. The van der Waals surface area contributed by atoms with E-state index in [2.05, 4.69) is 15.5 Å². The first-order chi connectivity index (χ1) is 13.0. The molecule has 2 heterocycles. The standard InChI is InChI=1S/C17H19FN4O4S/c1-10(24)19-8-12-9-22(17(25)26-12)11-4-5-13(14(18)7-11)16-21-20-15(27-16)3-2-6-23/h4-5,7,12,23H,2-3,6,8-9H2,1H3,(H,19,24)/t12-/m0/s1. The summed E-state index contributed by atoms with van der Waals surface area (Å²) in [7, 11) is 0. The van der Waals surface area contributed by atoms with E-state index < -0.39 is 18.0 Å². The Bertz CT molecular complexity index is 844. The molecule has 1 aromatic carbocycles. The maximum absolute atomic E-state index is 14.6. The van der Waals surface area contributed by atoms with Gasteiger partial charge < -0.3 is 15.2 Å². The van der Waals surface area contributed by atoms with E-state index in [1.807, 2.05) is 0 Å². The summed E-state index contributed by atoms with van der Waals surface area (Å²) in [6.45, 7) is 1.87. The van der Waals surface area contributed by atoms with Gasteiger partial charge in [-0.15, -0.1) is 10.2 Å². The summed E-state index contributed by atoms with van der Waals surface area (Å²) in [6, 6.07) is 4.43. The Kier molecular flexibility index (Phi) is 5.97. The highest BCUT2D eigenvalue weighted by atomic mass is 32.1. The fraction of sp³-hybridized carbons (Fsp3) is 0.412. The zero-order valence-corrected chi connectivity index (χ0v) is 15.5. The van der Waals surface area contributed by atoms with Crippen LogP contribution in [0.1, 0.15) is 18.4 Å². The van der Waals surface area contributed by atoms with Crippen molar-refractivity contribution in [3.05, 3.63) is 29.0 Å². The largest absolute Gasteiger partial charge is 0.442 e. The van der Waals surface area contributed by atoms with Gasteiger partial charge in [-0.3, -0.25) is 9.69 Å². The Balaban J connectivity index is 1.72. The highest BCUT2D eigenvalue weighted by Crippen LogP contribution is 2.31. The number of hydrogen-bond donors (Lipinski definition) is 2. The molecule has 8 nitrogen and oxygen atoms in total. The summed E-state index contributed by atoms with van der Waals surface area (Å²) in [5, 5.41) is 20.6. The molecule has 2 amide bonds. The number of ether oxygens (including phenoxy) is 1. The molecular weight excluding hydrogens is 375 g/mol. The molecule has 0 aliphatic carbocycles. The average molecular weight is 394 g/mol. The lowest BCUT2D eigenvalue weighted by molar-refractivity contribution is -0.119. The molecule has 1 aliphatic rings. The Labute approximate surface area is 159 Å². The number of aryl methyl sites for hydroxylation is 1. The number of benzene rings is 1. The quantitative estimate of drug-likeness (QED) is 0.741. The minimum Gasteiger partial charge on any atom is -0.442 e. The van der Waals surface area contributed by atoms with E-state index in [0.29, 0.717) is 29.1 Å². The molecule has 1 aliphatic heterocycles. The van der Waals surface area contributed by atoms with Gasteiger partial charge in [0.2, 0.25) is 5.91 Å². The second kappa shape index (κ2) is 8.40. The van der Waals surface area contributed by atoms with E-state index in [1.165, 1.54) is 29.2 Å². The molecule has 0 spiro atoms. The van der Waals surface area contributed by atoms with Crippen LogP contribution in [0.5, 0.6) is 0 Å². The van der Waals surface area contributed by atoms with E-state index in [0.717, 1.165) is 5.01 Å². The number of aromatic nitrogens is 2. The molecule has 0 radical (unpaired) electrons. The van der Waals surface area contributed by atoms with Gasteiger partial charge in [0.1, 0.15) is 16.9 Å². The number of carbonyl (C=O) groups is 2. The number of halogens is 1. The van der Waals surface area contributed by atoms with E-state index in [1.54, 1.807) is 12.1 Å². The summed E-state index contributed by atoms with van der Waals surface area (Å²) in [6.07, 6.45) is 0.0942. The number of hydrogen-bond acceptors (Lipinski definition) is 7. The topological polar surface area (TPSA) is 105 Å². The fourth-order valence-electron chi connectivity index (χ4n) is 2.64.